The lowest BCUT2D eigenvalue weighted by Crippen LogP contribution is -2.44. The smallest absolute Gasteiger partial charge is 0.414 e. The minimum absolute atomic E-state index is 0.126. The summed E-state index contributed by atoms with van der Waals surface area (Å²) in [5.74, 6) is -0.277. The molecule has 152 valence electrons. The summed E-state index contributed by atoms with van der Waals surface area (Å²) in [6.07, 6.45) is 5.41. The Kier molecular flexibility index (Phi) is 5.35. The maximum atomic E-state index is 13.2. The second-order valence-corrected chi connectivity index (χ2v) is 7.80. The number of carbonyl (C=O) groups excluding carboxylic acids is 2. The van der Waals surface area contributed by atoms with E-state index >= 15 is 0 Å². The van der Waals surface area contributed by atoms with Crippen molar-refractivity contribution >= 4 is 17.6 Å². The lowest BCUT2D eigenvalue weighted by molar-refractivity contribution is -0.127. The fourth-order valence-corrected chi connectivity index (χ4v) is 4.39. The van der Waals surface area contributed by atoms with Gasteiger partial charge in [0, 0.05) is 18.7 Å². The number of hydrogen-bond donors (Lipinski definition) is 0. The Morgan fingerprint density at radius 3 is 2.69 bits per heavy atom. The van der Waals surface area contributed by atoms with Gasteiger partial charge in [0.1, 0.15) is 11.6 Å². The van der Waals surface area contributed by atoms with Crippen LogP contribution >= 0.6 is 0 Å². The number of ketones is 1. The molecule has 5 nitrogen and oxygen atoms in total. The van der Waals surface area contributed by atoms with Gasteiger partial charge in [0.05, 0.1) is 23.9 Å². The van der Waals surface area contributed by atoms with E-state index in [0.29, 0.717) is 18.8 Å². The maximum absolute atomic E-state index is 13.2. The van der Waals surface area contributed by atoms with Crippen LogP contribution in [0.2, 0.25) is 0 Å². The largest absolute Gasteiger partial charge is 0.449 e. The van der Waals surface area contributed by atoms with Crippen LogP contribution in [0.3, 0.4) is 0 Å². The van der Waals surface area contributed by atoms with E-state index in [2.05, 4.69) is 11.1 Å². The first-order valence-electron chi connectivity index (χ1n) is 10.2. The van der Waals surface area contributed by atoms with Crippen LogP contribution in [0.1, 0.15) is 49.4 Å². The third-order valence-electron chi connectivity index (χ3n) is 6.11. The van der Waals surface area contributed by atoms with Gasteiger partial charge >= 0.3 is 6.09 Å². The molecule has 0 radical (unpaired) electrons. The number of Topliss-reactive ketones (excluding diaryl/α,β-unsaturated/α-hetero) is 1. The van der Waals surface area contributed by atoms with Crippen LogP contribution in [0.15, 0.2) is 36.5 Å². The zero-order chi connectivity index (χ0) is 20.4. The summed E-state index contributed by atoms with van der Waals surface area (Å²) in [6.45, 7) is 2.79. The van der Waals surface area contributed by atoms with Gasteiger partial charge in [-0.2, -0.15) is 0 Å². The van der Waals surface area contributed by atoms with Gasteiger partial charge in [-0.1, -0.05) is 18.6 Å². The maximum Gasteiger partial charge on any atom is 0.414 e. The van der Waals surface area contributed by atoms with Gasteiger partial charge in [0.25, 0.3) is 0 Å². The number of hydrogen-bond acceptors (Lipinski definition) is 4. The molecule has 0 spiro atoms. The molecular formula is C23H25FN2O3. The third kappa shape index (κ3) is 3.63. The van der Waals surface area contributed by atoms with Crippen molar-refractivity contribution in [3.05, 3.63) is 59.2 Å². The Labute approximate surface area is 169 Å². The van der Waals surface area contributed by atoms with Crippen molar-refractivity contribution in [2.24, 2.45) is 0 Å². The van der Waals surface area contributed by atoms with Gasteiger partial charge in [-0.05, 0) is 61.9 Å². The highest BCUT2D eigenvalue weighted by molar-refractivity contribution is 5.93. The summed E-state index contributed by atoms with van der Waals surface area (Å²) in [7, 11) is 0. The van der Waals surface area contributed by atoms with Crippen LogP contribution in [-0.2, 0) is 27.8 Å². The van der Waals surface area contributed by atoms with Crippen molar-refractivity contribution in [1.29, 1.82) is 0 Å². The molecule has 1 aromatic carbocycles. The SMILES string of the molecule is CCOC(=O)N1CCCc2cc(C3(C(=O)Cc4ccc(F)cn4)CCC3)ccc21. The number of pyridine rings is 1. The number of aryl methyl sites for hydroxylation is 1. The van der Waals surface area contributed by atoms with Crippen molar-refractivity contribution in [3.63, 3.8) is 0 Å². The monoisotopic (exact) mass is 396 g/mol. The summed E-state index contributed by atoms with van der Waals surface area (Å²) in [6, 6.07) is 8.93. The van der Waals surface area contributed by atoms with E-state index in [9.17, 15) is 14.0 Å². The highest BCUT2D eigenvalue weighted by atomic mass is 19.1. The number of rotatable bonds is 5. The molecule has 1 saturated carbocycles. The van der Waals surface area contributed by atoms with Crippen molar-refractivity contribution < 1.29 is 18.7 Å². The number of benzene rings is 1. The number of halogens is 1. The normalized spacial score (nSPS) is 17.2. The second kappa shape index (κ2) is 7.93. The van der Waals surface area contributed by atoms with Crippen LogP contribution in [0.25, 0.3) is 0 Å². The van der Waals surface area contributed by atoms with Crippen molar-refractivity contribution in [1.82, 2.24) is 4.98 Å². The average molecular weight is 396 g/mol. The number of fused-ring (bicyclic) bond motifs is 1. The molecule has 0 unspecified atom stereocenters. The molecule has 2 heterocycles. The zero-order valence-corrected chi connectivity index (χ0v) is 16.6. The van der Waals surface area contributed by atoms with Gasteiger partial charge in [-0.15, -0.1) is 0 Å². The molecule has 1 fully saturated rings. The number of anilines is 1. The Balaban J connectivity index is 1.60. The molecule has 2 aromatic rings. The molecule has 2 aliphatic rings. The highest BCUT2D eigenvalue weighted by Crippen LogP contribution is 2.46. The minimum Gasteiger partial charge on any atom is -0.449 e. The summed E-state index contributed by atoms with van der Waals surface area (Å²) in [5.41, 5.74) is 3.06. The third-order valence-corrected chi connectivity index (χ3v) is 6.11. The van der Waals surface area contributed by atoms with Gasteiger partial charge in [0.15, 0.2) is 0 Å². The molecule has 1 aromatic heterocycles. The van der Waals surface area contributed by atoms with Gasteiger partial charge in [-0.25, -0.2) is 9.18 Å². The van der Waals surface area contributed by atoms with Crippen molar-refractivity contribution in [2.75, 3.05) is 18.1 Å². The highest BCUT2D eigenvalue weighted by Gasteiger charge is 2.45. The standard InChI is InChI=1S/C23H25FN2O3/c1-2-29-22(28)26-12-3-5-16-13-17(6-9-20(16)26)23(10-4-11-23)21(27)14-19-8-7-18(24)15-25-19/h6-9,13,15H,2-5,10-12,14H2,1H3. The first-order valence-corrected chi connectivity index (χ1v) is 10.2. The van der Waals surface area contributed by atoms with E-state index < -0.39 is 11.2 Å². The Hall–Kier alpha value is -2.76. The number of carbonyl (C=O) groups is 2. The van der Waals surface area contributed by atoms with E-state index in [0.717, 1.165) is 55.1 Å². The van der Waals surface area contributed by atoms with Crippen LogP contribution in [0.5, 0.6) is 0 Å². The molecule has 0 N–H and O–H groups in total. The molecule has 1 amide bonds. The predicted octanol–water partition coefficient (Wildman–Crippen LogP) is 4.36. The van der Waals surface area contributed by atoms with E-state index in [1.165, 1.54) is 6.07 Å². The minimum atomic E-state index is -0.503. The molecule has 0 saturated heterocycles. The van der Waals surface area contributed by atoms with Crippen LogP contribution in [-0.4, -0.2) is 30.0 Å². The predicted molar refractivity (Wildman–Crippen MR) is 108 cm³/mol. The van der Waals surface area contributed by atoms with E-state index in [4.69, 9.17) is 4.74 Å². The number of amides is 1. The summed E-state index contributed by atoms with van der Waals surface area (Å²) >= 11 is 0. The lowest BCUT2D eigenvalue weighted by Gasteiger charge is -2.42. The van der Waals surface area contributed by atoms with Crippen molar-refractivity contribution in [2.45, 2.75) is 50.9 Å². The average Bonchev–Trinajstić information content (AvgIpc) is 2.68. The summed E-state index contributed by atoms with van der Waals surface area (Å²) < 4.78 is 18.3. The molecule has 1 aliphatic heterocycles. The van der Waals surface area contributed by atoms with Crippen molar-refractivity contribution in [3.8, 4) is 0 Å². The van der Waals surface area contributed by atoms with Crippen LogP contribution < -0.4 is 4.90 Å². The fraction of sp³-hybridized carbons (Fsp3) is 0.435. The topological polar surface area (TPSA) is 59.5 Å². The Morgan fingerprint density at radius 2 is 2.03 bits per heavy atom. The first kappa shape index (κ1) is 19.6. The lowest BCUT2D eigenvalue weighted by atomic mass is 9.61. The quantitative estimate of drug-likeness (QED) is 0.753. The fourth-order valence-electron chi connectivity index (χ4n) is 4.39. The summed E-state index contributed by atoms with van der Waals surface area (Å²) in [5, 5.41) is 0. The number of nitrogens with zero attached hydrogens (tertiary/aromatic N) is 2. The molecule has 0 bridgehead atoms. The molecule has 0 atom stereocenters. The van der Waals surface area contributed by atoms with E-state index in [1.54, 1.807) is 17.9 Å². The molecule has 4 rings (SSSR count). The number of aromatic nitrogens is 1. The molecule has 6 heteroatoms. The molecular weight excluding hydrogens is 371 g/mol. The number of ether oxygens (including phenoxy) is 1. The van der Waals surface area contributed by atoms with Gasteiger partial charge in [-0.3, -0.25) is 14.7 Å². The van der Waals surface area contributed by atoms with E-state index in [-0.39, 0.29) is 18.3 Å². The second-order valence-electron chi connectivity index (χ2n) is 7.80. The van der Waals surface area contributed by atoms with Crippen LogP contribution in [0.4, 0.5) is 14.9 Å². The van der Waals surface area contributed by atoms with Gasteiger partial charge < -0.3 is 4.74 Å². The van der Waals surface area contributed by atoms with Crippen LogP contribution in [0, 0.1) is 5.82 Å². The first-order chi connectivity index (χ1) is 14.0. The molecule has 29 heavy (non-hydrogen) atoms. The summed E-state index contributed by atoms with van der Waals surface area (Å²) in [4.78, 5) is 31.2. The van der Waals surface area contributed by atoms with Gasteiger partial charge in [0.2, 0.25) is 0 Å². The Bertz CT molecular complexity index is 922. The zero-order valence-electron chi connectivity index (χ0n) is 16.6. The van der Waals surface area contributed by atoms with E-state index in [1.807, 2.05) is 12.1 Å². The molecule has 1 aliphatic carbocycles. The Morgan fingerprint density at radius 1 is 1.21 bits per heavy atom.